The van der Waals surface area contributed by atoms with Crippen LogP contribution < -0.4 is 10.5 Å². The number of hydrogen-bond donors (Lipinski definition) is 2. The number of primary amides is 1. The fraction of sp³-hybridized carbons (Fsp3) is 0.533. The number of nitrogens with two attached hydrogens (primary N) is 1. The number of benzene rings is 1. The third-order valence-corrected chi connectivity index (χ3v) is 3.17. The maximum Gasteiger partial charge on any atom is 0.231 e. The van der Waals surface area contributed by atoms with Crippen molar-refractivity contribution in [2.24, 2.45) is 5.73 Å². The highest BCUT2D eigenvalue weighted by Gasteiger charge is 2.25. The van der Waals surface area contributed by atoms with Gasteiger partial charge >= 0.3 is 0 Å². The van der Waals surface area contributed by atoms with Gasteiger partial charge in [-0.05, 0) is 38.5 Å². The van der Waals surface area contributed by atoms with Gasteiger partial charge in [0.1, 0.15) is 5.75 Å². The van der Waals surface area contributed by atoms with Gasteiger partial charge in [-0.15, -0.1) is 0 Å². The highest BCUT2D eigenvalue weighted by atomic mass is 16.5. The molecular weight excluding hydrogens is 256 g/mol. The van der Waals surface area contributed by atoms with E-state index in [1.807, 2.05) is 43.9 Å². The number of carbonyl (C=O) groups excluding carboxylic acids is 1. The minimum Gasteiger partial charge on any atom is -0.497 e. The summed E-state index contributed by atoms with van der Waals surface area (Å²) in [5.41, 5.74) is 5.77. The van der Waals surface area contributed by atoms with Crippen LogP contribution in [0.4, 0.5) is 0 Å². The fourth-order valence-corrected chi connectivity index (χ4v) is 1.93. The van der Waals surface area contributed by atoms with Crippen molar-refractivity contribution in [3.63, 3.8) is 0 Å². The highest BCUT2D eigenvalue weighted by molar-refractivity contribution is 5.76. The first kappa shape index (κ1) is 16.5. The summed E-state index contributed by atoms with van der Waals surface area (Å²) in [6, 6.07) is 7.27. The van der Waals surface area contributed by atoms with Crippen LogP contribution in [0.3, 0.4) is 0 Å². The van der Waals surface area contributed by atoms with Crippen LogP contribution in [0, 0.1) is 0 Å². The lowest BCUT2D eigenvalue weighted by atomic mass is 10.0. The van der Waals surface area contributed by atoms with Crippen molar-refractivity contribution in [1.29, 1.82) is 0 Å². The first-order chi connectivity index (χ1) is 9.24. The number of β-amino-alcohol motifs (C(OH)–C–C–N with tert-alkyl or cyclic N) is 1. The highest BCUT2D eigenvalue weighted by Crippen LogP contribution is 2.22. The van der Waals surface area contributed by atoms with E-state index in [1.54, 1.807) is 13.2 Å². The Morgan fingerprint density at radius 1 is 1.45 bits per heavy atom. The Hall–Kier alpha value is -1.59. The molecule has 3 N–H and O–H groups in total. The van der Waals surface area contributed by atoms with E-state index >= 15 is 0 Å². The molecule has 1 atom stereocenters. The molecule has 0 aromatic heterocycles. The predicted molar refractivity (Wildman–Crippen MR) is 78.5 cm³/mol. The molecule has 1 unspecified atom stereocenters. The molecule has 0 saturated carbocycles. The zero-order valence-electron chi connectivity index (χ0n) is 12.6. The smallest absolute Gasteiger partial charge is 0.231 e. The summed E-state index contributed by atoms with van der Waals surface area (Å²) in [7, 11) is 1.58. The quantitative estimate of drug-likeness (QED) is 0.824. The second-order valence-electron chi connectivity index (χ2n) is 5.81. The zero-order valence-corrected chi connectivity index (χ0v) is 12.6. The zero-order chi connectivity index (χ0) is 15.3. The standard InChI is InChI=1S/C15H24N2O3/c1-15(2,3)17(10-14(16)19)9-13(18)11-6-5-7-12(8-11)20-4/h5-8,13,18H,9-10H2,1-4H3,(H2,16,19). The number of ether oxygens (including phenoxy) is 1. The first-order valence-electron chi connectivity index (χ1n) is 6.59. The van der Waals surface area contributed by atoms with Crippen LogP contribution in [0.5, 0.6) is 5.75 Å². The Morgan fingerprint density at radius 3 is 2.60 bits per heavy atom. The molecule has 0 heterocycles. The Kier molecular flexibility index (Phi) is 5.53. The maximum absolute atomic E-state index is 11.2. The van der Waals surface area contributed by atoms with E-state index in [2.05, 4.69) is 0 Å². The molecule has 0 bridgehead atoms. The van der Waals surface area contributed by atoms with E-state index < -0.39 is 12.0 Å². The Balaban J connectivity index is 2.84. The van der Waals surface area contributed by atoms with Crippen LogP contribution >= 0.6 is 0 Å². The lowest BCUT2D eigenvalue weighted by Gasteiger charge is -2.36. The van der Waals surface area contributed by atoms with Crippen molar-refractivity contribution >= 4 is 5.91 Å². The van der Waals surface area contributed by atoms with Crippen molar-refractivity contribution in [2.75, 3.05) is 20.2 Å². The summed E-state index contributed by atoms with van der Waals surface area (Å²) in [6.45, 7) is 6.39. The van der Waals surface area contributed by atoms with Gasteiger partial charge in [0.15, 0.2) is 0 Å². The van der Waals surface area contributed by atoms with E-state index in [-0.39, 0.29) is 12.1 Å². The fourth-order valence-electron chi connectivity index (χ4n) is 1.93. The molecule has 5 nitrogen and oxygen atoms in total. The molecule has 0 spiro atoms. The van der Waals surface area contributed by atoms with Crippen LogP contribution in [-0.2, 0) is 4.79 Å². The van der Waals surface area contributed by atoms with Crippen molar-refractivity contribution in [1.82, 2.24) is 4.90 Å². The SMILES string of the molecule is COc1cccc(C(O)CN(CC(N)=O)C(C)(C)C)c1. The monoisotopic (exact) mass is 280 g/mol. The van der Waals surface area contributed by atoms with Crippen LogP contribution in [0.25, 0.3) is 0 Å². The second kappa shape index (κ2) is 6.72. The molecule has 1 amide bonds. The van der Waals surface area contributed by atoms with Gasteiger partial charge in [-0.3, -0.25) is 9.69 Å². The van der Waals surface area contributed by atoms with Crippen molar-refractivity contribution in [2.45, 2.75) is 32.4 Å². The van der Waals surface area contributed by atoms with Crippen molar-refractivity contribution < 1.29 is 14.6 Å². The number of rotatable bonds is 6. The van der Waals surface area contributed by atoms with E-state index in [4.69, 9.17) is 10.5 Å². The number of nitrogens with zero attached hydrogens (tertiary/aromatic N) is 1. The molecule has 1 aromatic carbocycles. The summed E-state index contributed by atoms with van der Waals surface area (Å²) in [5, 5.41) is 10.3. The van der Waals surface area contributed by atoms with E-state index in [0.717, 1.165) is 5.56 Å². The minimum absolute atomic E-state index is 0.116. The summed E-state index contributed by atoms with van der Waals surface area (Å²) in [6.07, 6.45) is -0.705. The van der Waals surface area contributed by atoms with Gasteiger partial charge < -0.3 is 15.6 Å². The second-order valence-corrected chi connectivity index (χ2v) is 5.81. The van der Waals surface area contributed by atoms with E-state index in [9.17, 15) is 9.90 Å². The van der Waals surface area contributed by atoms with E-state index in [0.29, 0.717) is 12.3 Å². The topological polar surface area (TPSA) is 75.8 Å². The number of amides is 1. The molecule has 1 rings (SSSR count). The summed E-state index contributed by atoms with van der Waals surface area (Å²) in [5.74, 6) is 0.288. The minimum atomic E-state index is -0.705. The number of hydrogen-bond acceptors (Lipinski definition) is 4. The number of methoxy groups -OCH3 is 1. The van der Waals surface area contributed by atoms with Gasteiger partial charge in [0.25, 0.3) is 0 Å². The molecule has 0 radical (unpaired) electrons. The molecule has 1 aromatic rings. The van der Waals surface area contributed by atoms with Crippen LogP contribution in [0.2, 0.25) is 0 Å². The Bertz CT molecular complexity index is 455. The Labute approximate surface area is 120 Å². The molecule has 5 heteroatoms. The molecule has 0 aliphatic rings. The van der Waals surface area contributed by atoms with Gasteiger partial charge in [-0.1, -0.05) is 12.1 Å². The third-order valence-electron chi connectivity index (χ3n) is 3.17. The lowest BCUT2D eigenvalue weighted by molar-refractivity contribution is -0.120. The number of aliphatic hydroxyl groups excluding tert-OH is 1. The van der Waals surface area contributed by atoms with Gasteiger partial charge in [-0.25, -0.2) is 0 Å². The van der Waals surface area contributed by atoms with Crippen LogP contribution in [0.1, 0.15) is 32.4 Å². The predicted octanol–water partition coefficient (Wildman–Crippen LogP) is 1.31. The summed E-state index contributed by atoms with van der Waals surface area (Å²) >= 11 is 0. The molecule has 0 fully saturated rings. The largest absolute Gasteiger partial charge is 0.497 e. The van der Waals surface area contributed by atoms with Gasteiger partial charge in [0.05, 0.1) is 19.8 Å². The average molecular weight is 280 g/mol. The molecule has 0 saturated heterocycles. The summed E-state index contributed by atoms with van der Waals surface area (Å²) in [4.78, 5) is 13.0. The first-order valence-corrected chi connectivity index (χ1v) is 6.59. The molecular formula is C15H24N2O3. The average Bonchev–Trinajstić information content (AvgIpc) is 2.36. The van der Waals surface area contributed by atoms with Gasteiger partial charge in [0, 0.05) is 12.1 Å². The molecule has 112 valence electrons. The number of aliphatic hydroxyl groups is 1. The van der Waals surface area contributed by atoms with Gasteiger partial charge in [-0.2, -0.15) is 0 Å². The third kappa shape index (κ3) is 4.83. The van der Waals surface area contributed by atoms with Gasteiger partial charge in [0.2, 0.25) is 5.91 Å². The molecule has 0 aliphatic carbocycles. The van der Waals surface area contributed by atoms with Crippen LogP contribution in [0.15, 0.2) is 24.3 Å². The van der Waals surface area contributed by atoms with Crippen LogP contribution in [-0.4, -0.2) is 41.7 Å². The van der Waals surface area contributed by atoms with Crippen molar-refractivity contribution in [3.8, 4) is 5.75 Å². The molecule has 0 aliphatic heterocycles. The maximum atomic E-state index is 11.2. The molecule has 20 heavy (non-hydrogen) atoms. The van der Waals surface area contributed by atoms with E-state index in [1.165, 1.54) is 0 Å². The van der Waals surface area contributed by atoms with Crippen molar-refractivity contribution in [3.05, 3.63) is 29.8 Å². The number of carbonyl (C=O) groups is 1. The normalized spacial score (nSPS) is 13.3. The lowest BCUT2D eigenvalue weighted by Crippen LogP contribution is -2.47. The Morgan fingerprint density at radius 2 is 2.10 bits per heavy atom. The summed E-state index contributed by atoms with van der Waals surface area (Å²) < 4.78 is 5.14.